The first-order valence-corrected chi connectivity index (χ1v) is 6.70. The molecule has 0 unspecified atom stereocenters. The van der Waals surface area contributed by atoms with E-state index in [0.717, 1.165) is 0 Å². The number of hydrogen-bond acceptors (Lipinski definition) is 6. The van der Waals surface area contributed by atoms with E-state index in [1.54, 1.807) is 48.8 Å². The van der Waals surface area contributed by atoms with E-state index in [4.69, 9.17) is 0 Å². The first kappa shape index (κ1) is 16.0. The Morgan fingerprint density at radius 2 is 1.35 bits per heavy atom. The van der Waals surface area contributed by atoms with E-state index in [1.807, 2.05) is 0 Å². The van der Waals surface area contributed by atoms with Gasteiger partial charge in [0.25, 0.3) is 0 Å². The summed E-state index contributed by atoms with van der Waals surface area (Å²) in [4.78, 5) is 31.0. The van der Waals surface area contributed by atoms with Crippen molar-refractivity contribution in [3.8, 4) is 0 Å². The van der Waals surface area contributed by atoms with Gasteiger partial charge in [0.05, 0.1) is 23.8 Å². The fourth-order valence-electron chi connectivity index (χ4n) is 1.47. The van der Waals surface area contributed by atoms with Crippen LogP contribution in [0.25, 0.3) is 0 Å². The lowest BCUT2D eigenvalue weighted by atomic mass is 10.4. The Balaban J connectivity index is 1.71. The maximum absolute atomic E-state index is 11.5. The predicted octanol–water partition coefficient (Wildman–Crippen LogP) is 0.467. The summed E-state index contributed by atoms with van der Waals surface area (Å²) < 4.78 is 0. The van der Waals surface area contributed by atoms with Crippen LogP contribution in [0.4, 0.5) is 0 Å². The molecule has 2 heterocycles. The summed E-state index contributed by atoms with van der Waals surface area (Å²) in [6, 6.07) is 10.6. The molecule has 0 spiro atoms. The highest BCUT2D eigenvalue weighted by Gasteiger charge is 2.07. The quantitative estimate of drug-likeness (QED) is 0.459. The molecule has 0 aliphatic carbocycles. The minimum Gasteiger partial charge on any atom is -0.273 e. The lowest BCUT2D eigenvalue weighted by Gasteiger charge is -1.99. The van der Waals surface area contributed by atoms with Crippen LogP contribution in [-0.2, 0) is 9.59 Å². The van der Waals surface area contributed by atoms with E-state index < -0.39 is 11.8 Å². The average Bonchev–Trinajstić information content (AvgIpc) is 2.57. The van der Waals surface area contributed by atoms with Crippen LogP contribution in [0.1, 0.15) is 17.8 Å². The number of rotatable bonds is 6. The van der Waals surface area contributed by atoms with Gasteiger partial charge in [-0.15, -0.1) is 0 Å². The molecule has 2 amide bonds. The van der Waals surface area contributed by atoms with Crippen LogP contribution in [0.5, 0.6) is 0 Å². The normalized spacial score (nSPS) is 10.8. The number of amides is 2. The second-order valence-electron chi connectivity index (χ2n) is 4.27. The molecule has 2 N–H and O–H groups in total. The van der Waals surface area contributed by atoms with Crippen LogP contribution in [0.15, 0.2) is 59.0 Å². The number of nitrogens with zero attached hydrogens (tertiary/aromatic N) is 4. The monoisotopic (exact) mass is 310 g/mol. The molecule has 23 heavy (non-hydrogen) atoms. The molecule has 2 aromatic heterocycles. The van der Waals surface area contributed by atoms with Gasteiger partial charge in [-0.25, -0.2) is 10.9 Å². The van der Waals surface area contributed by atoms with E-state index in [0.29, 0.717) is 11.4 Å². The molecule has 116 valence electrons. The third kappa shape index (κ3) is 6.25. The second-order valence-corrected chi connectivity index (χ2v) is 4.27. The van der Waals surface area contributed by atoms with Gasteiger partial charge >= 0.3 is 0 Å². The predicted molar refractivity (Wildman–Crippen MR) is 84.6 cm³/mol. The van der Waals surface area contributed by atoms with E-state index in [9.17, 15) is 9.59 Å². The third-order valence-electron chi connectivity index (χ3n) is 2.47. The Morgan fingerprint density at radius 3 is 1.74 bits per heavy atom. The minimum absolute atomic E-state index is 0.390. The summed E-state index contributed by atoms with van der Waals surface area (Å²) in [6.45, 7) is 0. The van der Waals surface area contributed by atoms with Gasteiger partial charge in [-0.1, -0.05) is 12.1 Å². The Kier molecular flexibility index (Phi) is 6.09. The van der Waals surface area contributed by atoms with Gasteiger partial charge in [-0.2, -0.15) is 10.2 Å². The van der Waals surface area contributed by atoms with Crippen molar-refractivity contribution < 1.29 is 9.59 Å². The lowest BCUT2D eigenvalue weighted by Crippen LogP contribution is -2.27. The Hall–Kier alpha value is -3.42. The molecule has 0 saturated carbocycles. The molecular formula is C15H14N6O2. The van der Waals surface area contributed by atoms with Gasteiger partial charge in [0.2, 0.25) is 11.8 Å². The average molecular weight is 310 g/mol. The van der Waals surface area contributed by atoms with Crippen molar-refractivity contribution in [1.82, 2.24) is 20.8 Å². The van der Waals surface area contributed by atoms with Crippen LogP contribution >= 0.6 is 0 Å². The Labute approximate surface area is 132 Å². The van der Waals surface area contributed by atoms with Crippen molar-refractivity contribution in [3.05, 3.63) is 60.2 Å². The molecule has 2 rings (SSSR count). The molecule has 8 nitrogen and oxygen atoms in total. The highest BCUT2D eigenvalue weighted by molar-refractivity contribution is 5.97. The van der Waals surface area contributed by atoms with Crippen LogP contribution < -0.4 is 10.9 Å². The Morgan fingerprint density at radius 1 is 0.870 bits per heavy atom. The summed E-state index contributed by atoms with van der Waals surface area (Å²) >= 11 is 0. The van der Waals surface area contributed by atoms with Gasteiger partial charge in [-0.05, 0) is 24.3 Å². The summed E-state index contributed by atoms with van der Waals surface area (Å²) in [5.74, 6) is -1.11. The molecule has 2 aromatic rings. The molecule has 0 radical (unpaired) electrons. The zero-order valence-corrected chi connectivity index (χ0v) is 12.1. The third-order valence-corrected chi connectivity index (χ3v) is 2.47. The molecule has 0 aliphatic heterocycles. The van der Waals surface area contributed by atoms with Crippen molar-refractivity contribution in [3.63, 3.8) is 0 Å². The first-order chi connectivity index (χ1) is 11.2. The highest BCUT2D eigenvalue weighted by atomic mass is 16.2. The maximum Gasteiger partial charge on any atom is 0.249 e. The van der Waals surface area contributed by atoms with Crippen molar-refractivity contribution in [1.29, 1.82) is 0 Å². The van der Waals surface area contributed by atoms with Gasteiger partial charge in [0, 0.05) is 12.4 Å². The SMILES string of the molecule is O=C(CC(=O)N/N=C\c1ccccn1)N/N=C\c1ccccn1. The van der Waals surface area contributed by atoms with Crippen LogP contribution in [-0.4, -0.2) is 34.2 Å². The minimum atomic E-state index is -0.553. The maximum atomic E-state index is 11.5. The second kappa shape index (κ2) is 8.78. The number of nitrogens with one attached hydrogen (secondary N) is 2. The number of hydrogen-bond donors (Lipinski definition) is 2. The van der Waals surface area contributed by atoms with Crippen molar-refractivity contribution in [2.75, 3.05) is 0 Å². The molecule has 0 atom stereocenters. The number of hydrazone groups is 2. The summed E-state index contributed by atoms with van der Waals surface area (Å²) in [5, 5.41) is 7.41. The highest BCUT2D eigenvalue weighted by Crippen LogP contribution is 1.89. The van der Waals surface area contributed by atoms with E-state index in [2.05, 4.69) is 31.0 Å². The number of aromatic nitrogens is 2. The molecule has 0 aromatic carbocycles. The van der Waals surface area contributed by atoms with Gasteiger partial charge in [0.15, 0.2) is 0 Å². The largest absolute Gasteiger partial charge is 0.273 e. The van der Waals surface area contributed by atoms with E-state index >= 15 is 0 Å². The molecule has 0 fully saturated rings. The van der Waals surface area contributed by atoms with Crippen molar-refractivity contribution in [2.24, 2.45) is 10.2 Å². The number of carbonyl (C=O) groups excluding carboxylic acids is 2. The van der Waals surface area contributed by atoms with Crippen LogP contribution in [0.2, 0.25) is 0 Å². The molecule has 0 aliphatic rings. The number of pyridine rings is 2. The molecule has 8 heteroatoms. The molecule has 0 saturated heterocycles. The van der Waals surface area contributed by atoms with Gasteiger partial charge < -0.3 is 0 Å². The fraction of sp³-hybridized carbons (Fsp3) is 0.0667. The Bertz CT molecular complexity index is 639. The molecular weight excluding hydrogens is 296 g/mol. The zero-order valence-electron chi connectivity index (χ0n) is 12.1. The molecule has 0 bridgehead atoms. The first-order valence-electron chi connectivity index (χ1n) is 6.70. The van der Waals surface area contributed by atoms with Crippen molar-refractivity contribution in [2.45, 2.75) is 6.42 Å². The van der Waals surface area contributed by atoms with Gasteiger partial charge in [-0.3, -0.25) is 19.6 Å². The van der Waals surface area contributed by atoms with Gasteiger partial charge in [0.1, 0.15) is 6.42 Å². The summed E-state index contributed by atoms with van der Waals surface area (Å²) in [5.41, 5.74) is 5.66. The van der Waals surface area contributed by atoms with E-state index in [1.165, 1.54) is 12.4 Å². The summed E-state index contributed by atoms with van der Waals surface area (Å²) in [6.07, 6.45) is 5.59. The topological polar surface area (TPSA) is 109 Å². The lowest BCUT2D eigenvalue weighted by molar-refractivity contribution is -0.129. The smallest absolute Gasteiger partial charge is 0.249 e. The van der Waals surface area contributed by atoms with E-state index in [-0.39, 0.29) is 6.42 Å². The fourth-order valence-corrected chi connectivity index (χ4v) is 1.47. The standard InChI is InChI=1S/C15H14N6O2/c22-14(20-18-10-12-5-1-3-7-16-12)9-15(23)21-19-11-13-6-2-4-8-17-13/h1-8,10-11H,9H2,(H,20,22)(H,21,23)/b18-10-,19-11-. The summed E-state index contributed by atoms with van der Waals surface area (Å²) in [7, 11) is 0. The van der Waals surface area contributed by atoms with Crippen LogP contribution in [0.3, 0.4) is 0 Å². The number of carbonyl (C=O) groups is 2. The zero-order chi connectivity index (χ0) is 16.3. The van der Waals surface area contributed by atoms with Crippen LogP contribution in [0, 0.1) is 0 Å². The van der Waals surface area contributed by atoms with Crippen molar-refractivity contribution >= 4 is 24.2 Å².